The van der Waals surface area contributed by atoms with Gasteiger partial charge in [-0.05, 0) is 11.6 Å². The van der Waals surface area contributed by atoms with Gasteiger partial charge in [0, 0.05) is 13.2 Å². The summed E-state index contributed by atoms with van der Waals surface area (Å²) in [4.78, 5) is 16.3. The minimum absolute atomic E-state index is 0.232. The summed E-state index contributed by atoms with van der Waals surface area (Å²) in [5, 5.41) is 12.3. The van der Waals surface area contributed by atoms with Gasteiger partial charge in [-0.3, -0.25) is 4.79 Å². The molecular formula is C11H12N8O. The molecule has 3 aromatic rings. The first kappa shape index (κ1) is 12.2. The SMILES string of the molecule is Cn1ncc2c(=O)n(Cc3ccc(NN)nc3)nnc21. The van der Waals surface area contributed by atoms with Gasteiger partial charge in [0.1, 0.15) is 11.2 Å². The molecule has 0 saturated heterocycles. The summed E-state index contributed by atoms with van der Waals surface area (Å²) >= 11 is 0. The van der Waals surface area contributed by atoms with E-state index >= 15 is 0 Å². The zero-order valence-electron chi connectivity index (χ0n) is 10.7. The van der Waals surface area contributed by atoms with Crippen LogP contribution in [-0.2, 0) is 13.6 Å². The fraction of sp³-hybridized carbons (Fsp3) is 0.182. The van der Waals surface area contributed by atoms with Crippen LogP contribution in [0.4, 0.5) is 5.82 Å². The molecule has 0 spiro atoms. The van der Waals surface area contributed by atoms with E-state index in [1.54, 1.807) is 19.3 Å². The number of nitrogens with one attached hydrogen (secondary N) is 1. The second-order valence-corrected chi connectivity index (χ2v) is 4.25. The molecule has 0 radical (unpaired) electrons. The van der Waals surface area contributed by atoms with E-state index < -0.39 is 0 Å². The minimum Gasteiger partial charge on any atom is -0.308 e. The molecule has 3 heterocycles. The number of anilines is 1. The van der Waals surface area contributed by atoms with E-state index in [0.29, 0.717) is 16.9 Å². The van der Waals surface area contributed by atoms with Gasteiger partial charge < -0.3 is 5.43 Å². The summed E-state index contributed by atoms with van der Waals surface area (Å²) in [5.74, 6) is 5.79. The number of aromatic nitrogens is 6. The predicted molar refractivity (Wildman–Crippen MR) is 71.7 cm³/mol. The van der Waals surface area contributed by atoms with Crippen LogP contribution in [0.2, 0.25) is 0 Å². The molecule has 20 heavy (non-hydrogen) atoms. The molecule has 9 nitrogen and oxygen atoms in total. The number of nitrogen functional groups attached to an aromatic ring is 1. The lowest BCUT2D eigenvalue weighted by Crippen LogP contribution is -2.24. The molecule has 0 saturated carbocycles. The second-order valence-electron chi connectivity index (χ2n) is 4.25. The van der Waals surface area contributed by atoms with Crippen molar-refractivity contribution in [2.24, 2.45) is 12.9 Å². The summed E-state index contributed by atoms with van der Waals surface area (Å²) in [6.45, 7) is 0.286. The Hall–Kier alpha value is -2.81. The molecule has 3 N–H and O–H groups in total. The molecule has 0 aliphatic rings. The van der Waals surface area contributed by atoms with Crippen molar-refractivity contribution in [3.05, 3.63) is 40.4 Å². The highest BCUT2D eigenvalue weighted by atomic mass is 16.1. The summed E-state index contributed by atoms with van der Waals surface area (Å²) < 4.78 is 2.79. The molecule has 0 bridgehead atoms. The molecule has 0 aliphatic heterocycles. The summed E-state index contributed by atoms with van der Waals surface area (Å²) in [5.41, 5.74) is 3.49. The smallest absolute Gasteiger partial charge is 0.281 e. The monoisotopic (exact) mass is 272 g/mol. The first-order valence-electron chi connectivity index (χ1n) is 5.86. The molecular weight excluding hydrogens is 260 g/mol. The van der Waals surface area contributed by atoms with Crippen LogP contribution >= 0.6 is 0 Å². The lowest BCUT2D eigenvalue weighted by molar-refractivity contribution is 0.594. The maximum absolute atomic E-state index is 12.2. The molecule has 3 aromatic heterocycles. The lowest BCUT2D eigenvalue weighted by Gasteiger charge is -2.04. The van der Waals surface area contributed by atoms with Crippen molar-refractivity contribution in [3.8, 4) is 0 Å². The minimum atomic E-state index is -0.232. The average Bonchev–Trinajstić information content (AvgIpc) is 2.85. The topological polar surface area (TPSA) is 117 Å². The van der Waals surface area contributed by atoms with Crippen molar-refractivity contribution in [2.75, 3.05) is 5.43 Å². The quantitative estimate of drug-likeness (QED) is 0.476. The maximum atomic E-state index is 12.2. The van der Waals surface area contributed by atoms with Crippen molar-refractivity contribution >= 4 is 16.9 Å². The van der Waals surface area contributed by atoms with Gasteiger partial charge in [0.15, 0.2) is 5.65 Å². The van der Waals surface area contributed by atoms with E-state index in [4.69, 9.17) is 5.84 Å². The zero-order chi connectivity index (χ0) is 14.1. The predicted octanol–water partition coefficient (Wildman–Crippen LogP) is -0.746. The van der Waals surface area contributed by atoms with Crippen LogP contribution in [0.3, 0.4) is 0 Å². The standard InChI is InChI=1S/C11H12N8O/c1-18-10-8(5-14-18)11(20)19(17-16-10)6-7-2-3-9(15-12)13-4-7/h2-5H,6,12H2,1H3,(H,13,15). The Bertz CT molecular complexity index is 803. The van der Waals surface area contributed by atoms with E-state index in [9.17, 15) is 4.79 Å². The molecule has 0 unspecified atom stereocenters. The highest BCUT2D eigenvalue weighted by molar-refractivity contribution is 5.72. The Kier molecular flexibility index (Phi) is 2.88. The molecule has 9 heteroatoms. The Balaban J connectivity index is 1.97. The number of rotatable bonds is 3. The van der Waals surface area contributed by atoms with E-state index in [2.05, 4.69) is 25.8 Å². The van der Waals surface area contributed by atoms with Crippen LogP contribution in [0, 0.1) is 0 Å². The largest absolute Gasteiger partial charge is 0.308 e. The van der Waals surface area contributed by atoms with E-state index in [1.807, 2.05) is 6.07 Å². The second kappa shape index (κ2) is 4.70. The average molecular weight is 272 g/mol. The third kappa shape index (κ3) is 1.99. The third-order valence-corrected chi connectivity index (χ3v) is 2.92. The third-order valence-electron chi connectivity index (χ3n) is 2.92. The van der Waals surface area contributed by atoms with Gasteiger partial charge in [0.05, 0.1) is 12.7 Å². The number of hydrazine groups is 1. The molecule has 0 aliphatic carbocycles. The van der Waals surface area contributed by atoms with Crippen LogP contribution in [-0.4, -0.2) is 29.8 Å². The van der Waals surface area contributed by atoms with Gasteiger partial charge in [-0.2, -0.15) is 5.10 Å². The van der Waals surface area contributed by atoms with Crippen molar-refractivity contribution in [1.29, 1.82) is 0 Å². The Labute approximate surface area is 113 Å². The number of fused-ring (bicyclic) bond motifs is 1. The van der Waals surface area contributed by atoms with Gasteiger partial charge in [0.25, 0.3) is 5.56 Å². The maximum Gasteiger partial charge on any atom is 0.281 e. The highest BCUT2D eigenvalue weighted by Gasteiger charge is 2.09. The molecule has 102 valence electrons. The van der Waals surface area contributed by atoms with Gasteiger partial charge in [0.2, 0.25) is 0 Å². The van der Waals surface area contributed by atoms with Crippen molar-refractivity contribution in [2.45, 2.75) is 6.54 Å². The number of nitrogens with two attached hydrogens (primary N) is 1. The molecule has 3 rings (SSSR count). The Morgan fingerprint density at radius 3 is 2.90 bits per heavy atom. The molecule has 0 amide bonds. The first-order valence-corrected chi connectivity index (χ1v) is 5.86. The molecule has 0 fully saturated rings. The van der Waals surface area contributed by atoms with Crippen LogP contribution in [0.25, 0.3) is 11.0 Å². The summed E-state index contributed by atoms with van der Waals surface area (Å²) in [6.07, 6.45) is 3.11. The Morgan fingerprint density at radius 1 is 1.35 bits per heavy atom. The number of aryl methyl sites for hydroxylation is 1. The normalized spacial score (nSPS) is 10.9. The number of pyridine rings is 1. The fourth-order valence-corrected chi connectivity index (χ4v) is 1.86. The molecule has 0 aromatic carbocycles. The summed E-state index contributed by atoms with van der Waals surface area (Å²) in [7, 11) is 1.71. The van der Waals surface area contributed by atoms with Gasteiger partial charge in [-0.1, -0.05) is 11.3 Å². The van der Waals surface area contributed by atoms with Gasteiger partial charge in [-0.25, -0.2) is 20.2 Å². The van der Waals surface area contributed by atoms with E-state index in [-0.39, 0.29) is 12.1 Å². The van der Waals surface area contributed by atoms with Crippen molar-refractivity contribution in [3.63, 3.8) is 0 Å². The number of hydrogen-bond acceptors (Lipinski definition) is 7. The van der Waals surface area contributed by atoms with Crippen LogP contribution in [0.5, 0.6) is 0 Å². The number of nitrogens with zero attached hydrogens (tertiary/aromatic N) is 6. The van der Waals surface area contributed by atoms with Crippen LogP contribution in [0.1, 0.15) is 5.56 Å². The van der Waals surface area contributed by atoms with Gasteiger partial charge >= 0.3 is 0 Å². The molecule has 0 atom stereocenters. The fourth-order valence-electron chi connectivity index (χ4n) is 1.86. The summed E-state index contributed by atoms with van der Waals surface area (Å²) in [6, 6.07) is 3.53. The van der Waals surface area contributed by atoms with Gasteiger partial charge in [-0.15, -0.1) is 5.10 Å². The van der Waals surface area contributed by atoms with Crippen LogP contribution < -0.4 is 16.8 Å². The number of hydrogen-bond donors (Lipinski definition) is 2. The lowest BCUT2D eigenvalue weighted by atomic mass is 10.3. The van der Waals surface area contributed by atoms with Crippen LogP contribution in [0.15, 0.2) is 29.3 Å². The van der Waals surface area contributed by atoms with Crippen molar-refractivity contribution < 1.29 is 0 Å². The first-order chi connectivity index (χ1) is 9.69. The highest BCUT2D eigenvalue weighted by Crippen LogP contribution is 2.06. The zero-order valence-corrected chi connectivity index (χ0v) is 10.7. The van der Waals surface area contributed by atoms with E-state index in [1.165, 1.54) is 15.6 Å². The van der Waals surface area contributed by atoms with E-state index in [0.717, 1.165) is 5.56 Å². The van der Waals surface area contributed by atoms with Crippen molar-refractivity contribution in [1.82, 2.24) is 29.8 Å². The Morgan fingerprint density at radius 2 is 2.20 bits per heavy atom.